The second-order valence-corrected chi connectivity index (χ2v) is 5.46. The molecule has 1 N–H and O–H groups in total. The molecule has 120 valence electrons. The summed E-state index contributed by atoms with van der Waals surface area (Å²) in [6.07, 6.45) is 0. The first-order valence-corrected chi connectivity index (χ1v) is 7.89. The van der Waals surface area contributed by atoms with Crippen LogP contribution in [0.25, 0.3) is 0 Å². The summed E-state index contributed by atoms with van der Waals surface area (Å²) in [5, 5.41) is 3.40. The summed E-state index contributed by atoms with van der Waals surface area (Å²) in [7, 11) is 0. The van der Waals surface area contributed by atoms with Crippen molar-refractivity contribution in [2.45, 2.75) is 13.8 Å². The van der Waals surface area contributed by atoms with Gasteiger partial charge in [-0.1, -0.05) is 23.7 Å². The first-order valence-electron chi connectivity index (χ1n) is 7.51. The zero-order valence-electron chi connectivity index (χ0n) is 13.2. The number of anilines is 1. The Bertz CT molecular complexity index is 694. The molecule has 0 unspecified atom stereocenters. The fourth-order valence-corrected chi connectivity index (χ4v) is 2.35. The Morgan fingerprint density at radius 3 is 2.26 bits per heavy atom. The zero-order chi connectivity index (χ0) is 16.8. The van der Waals surface area contributed by atoms with Crippen molar-refractivity contribution in [3.05, 3.63) is 64.7 Å². The molecule has 0 fully saturated rings. The summed E-state index contributed by atoms with van der Waals surface area (Å²) >= 11 is 5.84. The minimum absolute atomic E-state index is 0.111. The van der Waals surface area contributed by atoms with Crippen LogP contribution in [-0.2, 0) is 0 Å². The molecule has 0 heterocycles. The van der Waals surface area contributed by atoms with Crippen LogP contribution in [0.4, 0.5) is 10.5 Å². The molecule has 23 heavy (non-hydrogen) atoms. The summed E-state index contributed by atoms with van der Waals surface area (Å²) < 4.78 is 0. The van der Waals surface area contributed by atoms with Crippen LogP contribution < -0.4 is 5.32 Å². The smallest absolute Gasteiger partial charge is 0.321 e. The molecule has 2 aromatic carbocycles. The van der Waals surface area contributed by atoms with E-state index in [-0.39, 0.29) is 11.8 Å². The highest BCUT2D eigenvalue weighted by Crippen LogP contribution is 2.17. The average Bonchev–Trinajstić information content (AvgIpc) is 2.56. The van der Waals surface area contributed by atoms with Crippen LogP contribution in [-0.4, -0.2) is 29.8 Å². The van der Waals surface area contributed by atoms with Gasteiger partial charge in [-0.05, 0) is 50.2 Å². The molecule has 0 radical (unpaired) electrons. The van der Waals surface area contributed by atoms with Crippen LogP contribution in [0.5, 0.6) is 0 Å². The Morgan fingerprint density at radius 1 is 1.00 bits per heavy atom. The van der Waals surface area contributed by atoms with Gasteiger partial charge in [0.2, 0.25) is 0 Å². The molecule has 0 aliphatic heterocycles. The molecule has 0 saturated carbocycles. The van der Waals surface area contributed by atoms with Crippen molar-refractivity contribution in [3.8, 4) is 0 Å². The van der Waals surface area contributed by atoms with E-state index in [4.69, 9.17) is 11.6 Å². The molecule has 2 aromatic rings. The lowest BCUT2D eigenvalue weighted by atomic mass is 10.0. The lowest BCUT2D eigenvalue weighted by Crippen LogP contribution is -2.34. The number of urea groups is 1. The molecule has 0 aromatic heterocycles. The number of rotatable bonds is 5. The monoisotopic (exact) mass is 330 g/mol. The first-order chi connectivity index (χ1) is 11.0. The standard InChI is InChI=1S/C18H19ClN2O2/c1-3-21(4-2)18(23)20-16-7-5-6-14(12-16)17(22)13-8-10-15(19)11-9-13/h5-12H,3-4H2,1-2H3,(H,20,23). The maximum atomic E-state index is 12.5. The van der Waals surface area contributed by atoms with Gasteiger partial charge in [-0.15, -0.1) is 0 Å². The lowest BCUT2D eigenvalue weighted by molar-refractivity contribution is 0.103. The predicted molar refractivity (Wildman–Crippen MR) is 93.3 cm³/mol. The third kappa shape index (κ3) is 4.33. The van der Waals surface area contributed by atoms with Gasteiger partial charge in [0.25, 0.3) is 0 Å². The van der Waals surface area contributed by atoms with E-state index in [1.165, 1.54) is 0 Å². The average molecular weight is 331 g/mol. The molecule has 0 atom stereocenters. The summed E-state index contributed by atoms with van der Waals surface area (Å²) in [6, 6.07) is 13.5. The van der Waals surface area contributed by atoms with Crippen LogP contribution >= 0.6 is 11.6 Å². The summed E-state index contributed by atoms with van der Waals surface area (Å²) in [6.45, 7) is 5.10. The quantitative estimate of drug-likeness (QED) is 0.824. The molecule has 0 saturated heterocycles. The van der Waals surface area contributed by atoms with Gasteiger partial charge >= 0.3 is 6.03 Å². The van der Waals surface area contributed by atoms with E-state index in [0.29, 0.717) is 34.9 Å². The third-order valence-electron chi connectivity index (χ3n) is 3.53. The fourth-order valence-electron chi connectivity index (χ4n) is 2.22. The molecule has 0 aliphatic rings. The van der Waals surface area contributed by atoms with Crippen molar-refractivity contribution in [2.24, 2.45) is 0 Å². The maximum Gasteiger partial charge on any atom is 0.321 e. The number of nitrogens with one attached hydrogen (secondary N) is 1. The molecule has 0 aliphatic carbocycles. The Morgan fingerprint density at radius 2 is 1.65 bits per heavy atom. The van der Waals surface area contributed by atoms with Crippen molar-refractivity contribution in [2.75, 3.05) is 18.4 Å². The van der Waals surface area contributed by atoms with E-state index in [1.54, 1.807) is 53.4 Å². The fraction of sp³-hybridized carbons (Fsp3) is 0.222. The first kappa shape index (κ1) is 17.0. The number of hydrogen-bond donors (Lipinski definition) is 1. The topological polar surface area (TPSA) is 49.4 Å². The normalized spacial score (nSPS) is 10.2. The van der Waals surface area contributed by atoms with Crippen LogP contribution in [0.3, 0.4) is 0 Å². The molecule has 5 heteroatoms. The Hall–Kier alpha value is -2.33. The van der Waals surface area contributed by atoms with Gasteiger partial charge in [0.1, 0.15) is 0 Å². The van der Waals surface area contributed by atoms with E-state index in [9.17, 15) is 9.59 Å². The van der Waals surface area contributed by atoms with Crippen LogP contribution in [0.2, 0.25) is 5.02 Å². The van der Waals surface area contributed by atoms with E-state index >= 15 is 0 Å². The Labute approximate surface area is 141 Å². The van der Waals surface area contributed by atoms with Crippen molar-refractivity contribution in [1.82, 2.24) is 4.90 Å². The van der Waals surface area contributed by atoms with Gasteiger partial charge in [0, 0.05) is 34.9 Å². The van der Waals surface area contributed by atoms with Gasteiger partial charge in [0.15, 0.2) is 5.78 Å². The SMILES string of the molecule is CCN(CC)C(=O)Nc1cccc(C(=O)c2ccc(Cl)cc2)c1. The Kier molecular flexibility index (Phi) is 5.77. The van der Waals surface area contributed by atoms with Crippen molar-refractivity contribution >= 4 is 29.1 Å². The van der Waals surface area contributed by atoms with Gasteiger partial charge in [-0.2, -0.15) is 0 Å². The van der Waals surface area contributed by atoms with E-state index < -0.39 is 0 Å². The molecular formula is C18H19ClN2O2. The number of benzene rings is 2. The van der Waals surface area contributed by atoms with Crippen molar-refractivity contribution < 1.29 is 9.59 Å². The third-order valence-corrected chi connectivity index (χ3v) is 3.79. The summed E-state index contributed by atoms with van der Waals surface area (Å²) in [5.41, 5.74) is 1.67. The maximum absolute atomic E-state index is 12.5. The van der Waals surface area contributed by atoms with Crippen LogP contribution in [0.1, 0.15) is 29.8 Å². The molecule has 2 rings (SSSR count). The Balaban J connectivity index is 2.18. The number of nitrogens with zero attached hydrogens (tertiary/aromatic N) is 1. The number of carbonyl (C=O) groups is 2. The van der Waals surface area contributed by atoms with Crippen molar-refractivity contribution in [1.29, 1.82) is 0 Å². The number of amides is 2. The molecule has 0 spiro atoms. The molecule has 2 amide bonds. The van der Waals surface area contributed by atoms with E-state index in [2.05, 4.69) is 5.32 Å². The predicted octanol–water partition coefficient (Wildman–Crippen LogP) is 4.44. The second-order valence-electron chi connectivity index (χ2n) is 5.02. The van der Waals surface area contributed by atoms with Gasteiger partial charge in [0.05, 0.1) is 0 Å². The van der Waals surface area contributed by atoms with Crippen molar-refractivity contribution in [3.63, 3.8) is 0 Å². The highest BCUT2D eigenvalue weighted by atomic mass is 35.5. The lowest BCUT2D eigenvalue weighted by Gasteiger charge is -2.19. The zero-order valence-corrected chi connectivity index (χ0v) is 13.9. The minimum Gasteiger partial charge on any atom is -0.325 e. The highest BCUT2D eigenvalue weighted by Gasteiger charge is 2.12. The minimum atomic E-state index is -0.175. The molecule has 4 nitrogen and oxygen atoms in total. The number of carbonyl (C=O) groups excluding carboxylic acids is 2. The summed E-state index contributed by atoms with van der Waals surface area (Å²) in [5.74, 6) is -0.111. The second kappa shape index (κ2) is 7.79. The van der Waals surface area contributed by atoms with Gasteiger partial charge < -0.3 is 10.2 Å². The van der Waals surface area contributed by atoms with E-state index in [1.807, 2.05) is 13.8 Å². The number of ketones is 1. The van der Waals surface area contributed by atoms with Crippen LogP contribution in [0, 0.1) is 0 Å². The summed E-state index contributed by atoms with van der Waals surface area (Å²) in [4.78, 5) is 26.2. The van der Waals surface area contributed by atoms with Gasteiger partial charge in [-0.25, -0.2) is 4.79 Å². The van der Waals surface area contributed by atoms with Crippen LogP contribution in [0.15, 0.2) is 48.5 Å². The number of halogens is 1. The molecule has 0 bridgehead atoms. The van der Waals surface area contributed by atoms with Gasteiger partial charge in [-0.3, -0.25) is 4.79 Å². The highest BCUT2D eigenvalue weighted by molar-refractivity contribution is 6.30. The number of hydrogen-bond acceptors (Lipinski definition) is 2. The largest absolute Gasteiger partial charge is 0.325 e. The van der Waals surface area contributed by atoms with E-state index in [0.717, 1.165) is 0 Å². The molecular weight excluding hydrogens is 312 g/mol.